The van der Waals surface area contributed by atoms with Gasteiger partial charge in [-0.3, -0.25) is 10.1 Å². The molecular weight excluding hydrogens is 399 g/mol. The molecule has 1 aromatic heterocycles. The zero-order chi connectivity index (χ0) is 14.7. The molecule has 1 heterocycles. The van der Waals surface area contributed by atoms with Gasteiger partial charge < -0.3 is 4.74 Å². The molecule has 0 unspecified atom stereocenters. The molecule has 1 aliphatic carbocycles. The van der Waals surface area contributed by atoms with Crippen molar-refractivity contribution in [2.45, 2.75) is 25.7 Å². The first-order valence-corrected chi connectivity index (χ1v) is 8.77. The van der Waals surface area contributed by atoms with Gasteiger partial charge in [-0.2, -0.15) is 0 Å². The van der Waals surface area contributed by atoms with Gasteiger partial charge in [0.05, 0.1) is 5.69 Å². The fourth-order valence-electron chi connectivity index (χ4n) is 2.24. The average Bonchev–Trinajstić information content (AvgIpc) is 2.88. The zero-order valence-corrected chi connectivity index (χ0v) is 14.4. The standard InChI is InChI=1S/C15H15IN2O2S/c16-10-5-7-11(8-6-10)20-9-14(19)18-15-17-12-3-1-2-4-13(12)21-15/h5-8H,1-4,9H2,(H,17,18,19). The number of benzene rings is 1. The van der Waals surface area contributed by atoms with Crippen LogP contribution in [0.4, 0.5) is 5.13 Å². The van der Waals surface area contributed by atoms with Crippen LogP contribution in [-0.4, -0.2) is 17.5 Å². The van der Waals surface area contributed by atoms with E-state index >= 15 is 0 Å². The van der Waals surface area contributed by atoms with Crippen LogP contribution in [0.1, 0.15) is 23.4 Å². The van der Waals surface area contributed by atoms with Crippen molar-refractivity contribution in [1.29, 1.82) is 0 Å². The first-order valence-electron chi connectivity index (χ1n) is 6.87. The van der Waals surface area contributed by atoms with Gasteiger partial charge in [-0.05, 0) is 72.5 Å². The van der Waals surface area contributed by atoms with E-state index in [9.17, 15) is 4.79 Å². The van der Waals surface area contributed by atoms with Crippen molar-refractivity contribution in [2.75, 3.05) is 11.9 Å². The Morgan fingerprint density at radius 3 is 2.81 bits per heavy atom. The molecule has 0 spiro atoms. The number of hydrogen-bond donors (Lipinski definition) is 1. The number of carbonyl (C=O) groups excluding carboxylic acids is 1. The van der Waals surface area contributed by atoms with Gasteiger partial charge in [-0.25, -0.2) is 4.98 Å². The maximum absolute atomic E-state index is 11.9. The maximum atomic E-state index is 11.9. The van der Waals surface area contributed by atoms with Gasteiger partial charge in [0.15, 0.2) is 11.7 Å². The van der Waals surface area contributed by atoms with E-state index in [0.717, 1.165) is 22.1 Å². The van der Waals surface area contributed by atoms with Gasteiger partial charge in [0, 0.05) is 8.45 Å². The van der Waals surface area contributed by atoms with Crippen molar-refractivity contribution < 1.29 is 9.53 Å². The summed E-state index contributed by atoms with van der Waals surface area (Å²) in [6.45, 7) is 0.00480. The largest absolute Gasteiger partial charge is 0.484 e. The second-order valence-corrected chi connectivity index (χ2v) is 7.22. The van der Waals surface area contributed by atoms with E-state index in [4.69, 9.17) is 4.74 Å². The van der Waals surface area contributed by atoms with E-state index in [0.29, 0.717) is 10.9 Å². The lowest BCUT2D eigenvalue weighted by molar-refractivity contribution is -0.118. The van der Waals surface area contributed by atoms with Crippen LogP contribution in [0.25, 0.3) is 0 Å². The molecule has 0 saturated carbocycles. The number of ether oxygens (including phenoxy) is 1. The number of aromatic nitrogens is 1. The summed E-state index contributed by atoms with van der Waals surface area (Å²) in [5.41, 5.74) is 1.15. The summed E-state index contributed by atoms with van der Waals surface area (Å²) >= 11 is 3.82. The zero-order valence-electron chi connectivity index (χ0n) is 11.4. The molecule has 21 heavy (non-hydrogen) atoms. The number of aryl methyl sites for hydroxylation is 2. The summed E-state index contributed by atoms with van der Waals surface area (Å²) in [5, 5.41) is 3.52. The third-order valence-electron chi connectivity index (χ3n) is 3.28. The SMILES string of the molecule is O=C(COc1ccc(I)cc1)Nc1nc2c(s1)CCCC2. The van der Waals surface area contributed by atoms with E-state index in [-0.39, 0.29) is 12.5 Å². The number of amides is 1. The van der Waals surface area contributed by atoms with Crippen LogP contribution in [0.15, 0.2) is 24.3 Å². The number of halogens is 1. The number of rotatable bonds is 4. The molecule has 3 rings (SSSR count). The van der Waals surface area contributed by atoms with Gasteiger partial charge in [0.25, 0.3) is 5.91 Å². The normalized spacial score (nSPS) is 13.6. The third kappa shape index (κ3) is 3.94. The smallest absolute Gasteiger partial charge is 0.264 e. The van der Waals surface area contributed by atoms with Crippen LogP contribution in [-0.2, 0) is 17.6 Å². The first kappa shape index (κ1) is 14.8. The van der Waals surface area contributed by atoms with Crippen molar-refractivity contribution in [1.82, 2.24) is 4.98 Å². The second-order valence-electron chi connectivity index (χ2n) is 4.89. The van der Waals surface area contributed by atoms with Crippen LogP contribution in [0.3, 0.4) is 0 Å². The van der Waals surface area contributed by atoms with Gasteiger partial charge in [-0.15, -0.1) is 11.3 Å². The highest BCUT2D eigenvalue weighted by Crippen LogP contribution is 2.29. The van der Waals surface area contributed by atoms with Crippen molar-refractivity contribution in [2.24, 2.45) is 0 Å². The second kappa shape index (κ2) is 6.74. The van der Waals surface area contributed by atoms with E-state index in [1.807, 2.05) is 24.3 Å². The molecule has 1 N–H and O–H groups in total. The number of fused-ring (bicyclic) bond motifs is 1. The topological polar surface area (TPSA) is 51.2 Å². The predicted octanol–water partition coefficient (Wildman–Crippen LogP) is 3.64. The van der Waals surface area contributed by atoms with E-state index in [1.54, 1.807) is 11.3 Å². The molecule has 0 saturated heterocycles. The molecule has 1 aliphatic rings. The molecule has 4 nitrogen and oxygen atoms in total. The summed E-state index contributed by atoms with van der Waals surface area (Å²) in [4.78, 5) is 17.7. The minimum Gasteiger partial charge on any atom is -0.484 e. The van der Waals surface area contributed by atoms with Crippen LogP contribution in [0.5, 0.6) is 5.75 Å². The number of nitrogens with zero attached hydrogens (tertiary/aromatic N) is 1. The fraction of sp³-hybridized carbons (Fsp3) is 0.333. The molecule has 1 amide bonds. The van der Waals surface area contributed by atoms with Crippen LogP contribution < -0.4 is 10.1 Å². The highest BCUT2D eigenvalue weighted by molar-refractivity contribution is 14.1. The molecule has 110 valence electrons. The fourth-order valence-corrected chi connectivity index (χ4v) is 3.67. The Morgan fingerprint density at radius 2 is 2.05 bits per heavy atom. The summed E-state index contributed by atoms with van der Waals surface area (Å²) in [6, 6.07) is 7.61. The molecule has 2 aromatic rings. The number of nitrogens with one attached hydrogen (secondary N) is 1. The third-order valence-corrected chi connectivity index (χ3v) is 5.07. The molecule has 0 radical (unpaired) electrons. The summed E-state index contributed by atoms with van der Waals surface area (Å²) < 4.78 is 6.60. The molecule has 6 heteroatoms. The number of carbonyl (C=O) groups is 1. The Bertz CT molecular complexity index is 616. The first-order chi connectivity index (χ1) is 10.2. The van der Waals surface area contributed by atoms with Crippen molar-refractivity contribution in [3.8, 4) is 5.75 Å². The Labute approximate surface area is 141 Å². The Kier molecular flexibility index (Phi) is 4.74. The lowest BCUT2D eigenvalue weighted by Crippen LogP contribution is -2.20. The Hall–Kier alpha value is -1.15. The number of anilines is 1. The highest BCUT2D eigenvalue weighted by atomic mass is 127. The Morgan fingerprint density at radius 1 is 1.29 bits per heavy atom. The maximum Gasteiger partial charge on any atom is 0.264 e. The molecular formula is C15H15IN2O2S. The van der Waals surface area contributed by atoms with Crippen LogP contribution in [0, 0.1) is 3.57 Å². The average molecular weight is 414 g/mol. The predicted molar refractivity (Wildman–Crippen MR) is 92.0 cm³/mol. The van der Waals surface area contributed by atoms with E-state index < -0.39 is 0 Å². The summed E-state index contributed by atoms with van der Waals surface area (Å²) in [7, 11) is 0. The number of hydrogen-bond acceptors (Lipinski definition) is 4. The van der Waals surface area contributed by atoms with Crippen molar-refractivity contribution >= 4 is 45.0 Å². The van der Waals surface area contributed by atoms with Crippen molar-refractivity contribution in [3.63, 3.8) is 0 Å². The summed E-state index contributed by atoms with van der Waals surface area (Å²) in [5.74, 6) is 0.531. The Balaban J connectivity index is 1.54. The highest BCUT2D eigenvalue weighted by Gasteiger charge is 2.16. The lowest BCUT2D eigenvalue weighted by atomic mass is 10.0. The van der Waals surface area contributed by atoms with Crippen LogP contribution >= 0.6 is 33.9 Å². The number of thiazole rings is 1. The van der Waals surface area contributed by atoms with Gasteiger partial charge >= 0.3 is 0 Å². The van der Waals surface area contributed by atoms with Gasteiger partial charge in [0.1, 0.15) is 5.75 Å². The quantitative estimate of drug-likeness (QED) is 0.778. The molecule has 1 aromatic carbocycles. The van der Waals surface area contributed by atoms with Gasteiger partial charge in [-0.1, -0.05) is 0 Å². The molecule has 0 atom stereocenters. The molecule has 0 fully saturated rings. The lowest BCUT2D eigenvalue weighted by Gasteiger charge is -2.06. The molecule has 0 bridgehead atoms. The minimum atomic E-state index is -0.167. The van der Waals surface area contributed by atoms with Crippen LogP contribution in [0.2, 0.25) is 0 Å². The van der Waals surface area contributed by atoms with Crippen molar-refractivity contribution in [3.05, 3.63) is 38.4 Å². The van der Waals surface area contributed by atoms with E-state index in [2.05, 4.69) is 32.9 Å². The van der Waals surface area contributed by atoms with E-state index in [1.165, 1.54) is 17.7 Å². The van der Waals surface area contributed by atoms with Gasteiger partial charge in [0.2, 0.25) is 0 Å². The minimum absolute atomic E-state index is 0.00480. The summed E-state index contributed by atoms with van der Waals surface area (Å²) in [6.07, 6.45) is 4.53. The monoisotopic (exact) mass is 414 g/mol. The molecule has 0 aliphatic heterocycles.